The molecule has 0 aliphatic carbocycles. The smallest absolute Gasteiger partial charge is 0.128 e. The number of anilines is 1. The first-order valence-corrected chi connectivity index (χ1v) is 6.57. The van der Waals surface area contributed by atoms with Gasteiger partial charge in [0.15, 0.2) is 0 Å². The van der Waals surface area contributed by atoms with Crippen molar-refractivity contribution >= 4 is 29.0 Å². The molecule has 1 aliphatic heterocycles. The molecule has 0 bridgehead atoms. The largest absolute Gasteiger partial charge is 0.356 e. The summed E-state index contributed by atoms with van der Waals surface area (Å²) >= 11 is 11.8. The molecule has 0 spiro atoms. The van der Waals surface area contributed by atoms with Gasteiger partial charge >= 0.3 is 0 Å². The Morgan fingerprint density at radius 2 is 2.38 bits per heavy atom. The molecule has 0 amide bonds. The van der Waals surface area contributed by atoms with E-state index in [1.165, 1.54) is 12.8 Å². The highest BCUT2D eigenvalue weighted by atomic mass is 35.5. The summed E-state index contributed by atoms with van der Waals surface area (Å²) in [6, 6.07) is 2.01. The number of nitrogens with zero attached hydrogens (tertiary/aromatic N) is 2. The fourth-order valence-electron chi connectivity index (χ4n) is 2.14. The molecule has 1 aliphatic rings. The molecular weight excluding hydrogens is 243 g/mol. The molecule has 1 atom stereocenters. The predicted molar refractivity (Wildman–Crippen MR) is 69.4 cm³/mol. The number of rotatable bonds is 2. The van der Waals surface area contributed by atoms with Crippen LogP contribution in [0.15, 0.2) is 12.3 Å². The summed E-state index contributed by atoms with van der Waals surface area (Å²) in [5.74, 6) is 2.19. The number of pyridine rings is 1. The molecule has 1 aromatic heterocycles. The molecule has 0 saturated carbocycles. The molecule has 0 radical (unpaired) electrons. The van der Waals surface area contributed by atoms with E-state index in [1.54, 1.807) is 6.20 Å². The van der Waals surface area contributed by atoms with Crippen LogP contribution in [-0.2, 0) is 5.88 Å². The maximum Gasteiger partial charge on any atom is 0.128 e. The van der Waals surface area contributed by atoms with E-state index in [-0.39, 0.29) is 0 Å². The van der Waals surface area contributed by atoms with E-state index < -0.39 is 0 Å². The van der Waals surface area contributed by atoms with Gasteiger partial charge in [-0.1, -0.05) is 18.5 Å². The lowest BCUT2D eigenvalue weighted by Crippen LogP contribution is -2.34. The molecule has 2 rings (SSSR count). The topological polar surface area (TPSA) is 16.1 Å². The molecule has 16 heavy (non-hydrogen) atoms. The van der Waals surface area contributed by atoms with Crippen molar-refractivity contribution in [1.29, 1.82) is 0 Å². The van der Waals surface area contributed by atoms with Crippen LogP contribution in [0.5, 0.6) is 0 Å². The summed E-state index contributed by atoms with van der Waals surface area (Å²) in [6.07, 6.45) is 4.25. The van der Waals surface area contributed by atoms with Crippen molar-refractivity contribution in [1.82, 2.24) is 4.98 Å². The van der Waals surface area contributed by atoms with Gasteiger partial charge in [-0.05, 0) is 30.4 Å². The van der Waals surface area contributed by atoms with Crippen LogP contribution in [0, 0.1) is 5.92 Å². The highest BCUT2D eigenvalue weighted by molar-refractivity contribution is 6.32. The van der Waals surface area contributed by atoms with Crippen LogP contribution in [0.25, 0.3) is 0 Å². The maximum atomic E-state index is 6.00. The van der Waals surface area contributed by atoms with Gasteiger partial charge < -0.3 is 4.90 Å². The highest BCUT2D eigenvalue weighted by Crippen LogP contribution is 2.25. The SMILES string of the molecule is CC1CCCN(c2cc(CCl)c(Cl)cn2)C1. The zero-order valence-electron chi connectivity index (χ0n) is 9.42. The molecule has 1 aromatic rings. The normalized spacial score (nSPS) is 21.2. The average Bonchev–Trinajstić information content (AvgIpc) is 2.29. The zero-order chi connectivity index (χ0) is 11.5. The number of halogens is 2. The Balaban J connectivity index is 2.19. The second-order valence-electron chi connectivity index (χ2n) is 4.46. The van der Waals surface area contributed by atoms with Gasteiger partial charge in [-0.15, -0.1) is 11.6 Å². The van der Waals surface area contributed by atoms with Crippen molar-refractivity contribution < 1.29 is 0 Å². The van der Waals surface area contributed by atoms with Crippen LogP contribution in [0.2, 0.25) is 5.02 Å². The number of aromatic nitrogens is 1. The highest BCUT2D eigenvalue weighted by Gasteiger charge is 2.18. The quantitative estimate of drug-likeness (QED) is 0.752. The van der Waals surface area contributed by atoms with E-state index in [0.717, 1.165) is 30.4 Å². The first kappa shape index (κ1) is 12.0. The third-order valence-corrected chi connectivity index (χ3v) is 3.67. The fourth-order valence-corrected chi connectivity index (χ4v) is 2.60. The standard InChI is InChI=1S/C12H16Cl2N2/c1-9-3-2-4-16(8-9)12-5-10(6-13)11(14)7-15-12/h5,7,9H,2-4,6,8H2,1H3. The predicted octanol–water partition coefficient (Wildman–Crippen LogP) is 3.71. The molecule has 1 saturated heterocycles. The van der Waals surface area contributed by atoms with E-state index in [0.29, 0.717) is 10.9 Å². The van der Waals surface area contributed by atoms with Crippen molar-refractivity contribution in [3.05, 3.63) is 22.8 Å². The van der Waals surface area contributed by atoms with Crippen molar-refractivity contribution in [2.75, 3.05) is 18.0 Å². The zero-order valence-corrected chi connectivity index (χ0v) is 10.9. The molecule has 4 heteroatoms. The van der Waals surface area contributed by atoms with Crippen LogP contribution in [-0.4, -0.2) is 18.1 Å². The summed E-state index contributed by atoms with van der Waals surface area (Å²) in [5.41, 5.74) is 0.964. The Morgan fingerprint density at radius 3 is 3.06 bits per heavy atom. The first-order chi connectivity index (χ1) is 7.70. The van der Waals surface area contributed by atoms with Gasteiger partial charge in [0.1, 0.15) is 5.82 Å². The monoisotopic (exact) mass is 258 g/mol. The Hall–Kier alpha value is -0.470. The van der Waals surface area contributed by atoms with Gasteiger partial charge in [-0.25, -0.2) is 4.98 Å². The lowest BCUT2D eigenvalue weighted by Gasteiger charge is -2.32. The molecule has 2 nitrogen and oxygen atoms in total. The summed E-state index contributed by atoms with van der Waals surface area (Å²) < 4.78 is 0. The van der Waals surface area contributed by atoms with Gasteiger partial charge in [0.25, 0.3) is 0 Å². The van der Waals surface area contributed by atoms with Crippen LogP contribution in [0.4, 0.5) is 5.82 Å². The van der Waals surface area contributed by atoms with Crippen molar-refractivity contribution in [3.8, 4) is 0 Å². The maximum absolute atomic E-state index is 6.00. The summed E-state index contributed by atoms with van der Waals surface area (Å²) in [5, 5.41) is 0.656. The third-order valence-electron chi connectivity index (χ3n) is 3.05. The van der Waals surface area contributed by atoms with Crippen LogP contribution < -0.4 is 4.90 Å². The van der Waals surface area contributed by atoms with E-state index >= 15 is 0 Å². The number of hydrogen-bond donors (Lipinski definition) is 0. The Morgan fingerprint density at radius 1 is 1.56 bits per heavy atom. The summed E-state index contributed by atoms with van der Waals surface area (Å²) in [6.45, 7) is 4.45. The number of alkyl halides is 1. The van der Waals surface area contributed by atoms with Gasteiger partial charge in [0.2, 0.25) is 0 Å². The third kappa shape index (κ3) is 2.61. The summed E-state index contributed by atoms with van der Waals surface area (Å²) in [7, 11) is 0. The van der Waals surface area contributed by atoms with Gasteiger partial charge in [0, 0.05) is 25.2 Å². The molecule has 1 fully saturated rings. The average molecular weight is 259 g/mol. The summed E-state index contributed by atoms with van der Waals surface area (Å²) in [4.78, 5) is 6.70. The van der Waals surface area contributed by atoms with Gasteiger partial charge in [0.05, 0.1) is 5.02 Å². The number of hydrogen-bond acceptors (Lipinski definition) is 2. The van der Waals surface area contributed by atoms with E-state index in [1.807, 2.05) is 6.07 Å². The minimum atomic E-state index is 0.442. The Kier molecular flexibility index (Phi) is 3.93. The van der Waals surface area contributed by atoms with E-state index in [2.05, 4.69) is 16.8 Å². The second-order valence-corrected chi connectivity index (χ2v) is 5.14. The van der Waals surface area contributed by atoms with Gasteiger partial charge in [-0.2, -0.15) is 0 Å². The van der Waals surface area contributed by atoms with Crippen LogP contribution >= 0.6 is 23.2 Å². The van der Waals surface area contributed by atoms with Crippen molar-refractivity contribution in [3.63, 3.8) is 0 Å². The van der Waals surface area contributed by atoms with Crippen molar-refractivity contribution in [2.24, 2.45) is 5.92 Å². The molecular formula is C12H16Cl2N2. The Labute approximate surface area is 107 Å². The lowest BCUT2D eigenvalue weighted by atomic mass is 10.0. The van der Waals surface area contributed by atoms with E-state index in [4.69, 9.17) is 23.2 Å². The lowest BCUT2D eigenvalue weighted by molar-refractivity contribution is 0.444. The fraction of sp³-hybridized carbons (Fsp3) is 0.583. The van der Waals surface area contributed by atoms with Gasteiger partial charge in [-0.3, -0.25) is 0 Å². The minimum absolute atomic E-state index is 0.442. The minimum Gasteiger partial charge on any atom is -0.356 e. The Bertz CT molecular complexity index is 368. The van der Waals surface area contributed by atoms with Crippen LogP contribution in [0.3, 0.4) is 0 Å². The van der Waals surface area contributed by atoms with Crippen molar-refractivity contribution in [2.45, 2.75) is 25.6 Å². The molecule has 2 heterocycles. The molecule has 1 unspecified atom stereocenters. The first-order valence-electron chi connectivity index (χ1n) is 5.66. The molecule has 88 valence electrons. The molecule has 0 aromatic carbocycles. The second kappa shape index (κ2) is 5.24. The van der Waals surface area contributed by atoms with Crippen LogP contribution in [0.1, 0.15) is 25.3 Å². The molecule has 0 N–H and O–H groups in total. The van der Waals surface area contributed by atoms with E-state index in [9.17, 15) is 0 Å². The number of piperidine rings is 1.